The van der Waals surface area contributed by atoms with Gasteiger partial charge in [0.25, 0.3) is 10.0 Å². The molecule has 0 atom stereocenters. The topological polar surface area (TPSA) is 101 Å². The van der Waals surface area contributed by atoms with Crippen LogP contribution in [-0.4, -0.2) is 18.4 Å². The fourth-order valence-electron chi connectivity index (χ4n) is 1.51. The zero-order chi connectivity index (χ0) is 13.2. The highest BCUT2D eigenvalue weighted by Gasteiger charge is 2.16. The highest BCUT2D eigenvalue weighted by molar-refractivity contribution is 7.92. The highest BCUT2D eigenvalue weighted by atomic mass is 32.2. The molecule has 7 heteroatoms. The van der Waals surface area contributed by atoms with E-state index in [1.807, 2.05) is 6.07 Å². The van der Waals surface area contributed by atoms with Crippen molar-refractivity contribution < 1.29 is 8.42 Å². The lowest BCUT2D eigenvalue weighted by atomic mass is 10.2. The van der Waals surface area contributed by atoms with Crippen LogP contribution in [0.15, 0.2) is 35.5 Å². The van der Waals surface area contributed by atoms with Crippen molar-refractivity contribution in [1.29, 1.82) is 0 Å². The van der Waals surface area contributed by atoms with Crippen LogP contribution in [0.2, 0.25) is 0 Å². The number of H-pyrrole nitrogens is 1. The Hall–Kier alpha value is -1.86. The van der Waals surface area contributed by atoms with Crippen LogP contribution < -0.4 is 10.5 Å². The molecule has 0 aliphatic carbocycles. The number of imidazole rings is 1. The fraction of sp³-hybridized carbons (Fsp3) is 0.182. The Bertz CT molecular complexity index is 649. The molecule has 0 fully saturated rings. The second-order valence-corrected chi connectivity index (χ2v) is 5.49. The van der Waals surface area contributed by atoms with Gasteiger partial charge in [0.1, 0.15) is 5.82 Å². The zero-order valence-electron chi connectivity index (χ0n) is 9.84. The largest absolute Gasteiger partial charge is 0.332 e. The van der Waals surface area contributed by atoms with Crippen LogP contribution in [0.4, 0.5) is 5.69 Å². The molecule has 1 aromatic heterocycles. The summed E-state index contributed by atoms with van der Waals surface area (Å²) >= 11 is 0. The van der Waals surface area contributed by atoms with Gasteiger partial charge in [-0.25, -0.2) is 4.98 Å². The fourth-order valence-corrected chi connectivity index (χ4v) is 2.53. The van der Waals surface area contributed by atoms with Gasteiger partial charge in [0.15, 0.2) is 5.03 Å². The molecular formula is C11H14N4O2S. The van der Waals surface area contributed by atoms with E-state index < -0.39 is 10.0 Å². The minimum absolute atomic E-state index is 0.0400. The predicted molar refractivity (Wildman–Crippen MR) is 68.5 cm³/mol. The van der Waals surface area contributed by atoms with Gasteiger partial charge < -0.3 is 10.7 Å². The first-order chi connectivity index (χ1) is 8.51. The van der Waals surface area contributed by atoms with Crippen molar-refractivity contribution in [2.75, 3.05) is 4.72 Å². The van der Waals surface area contributed by atoms with E-state index in [0.29, 0.717) is 18.1 Å². The molecule has 0 aliphatic rings. The number of nitrogens with two attached hydrogens (primary N) is 1. The number of nitrogens with one attached hydrogen (secondary N) is 2. The molecule has 0 amide bonds. The molecule has 18 heavy (non-hydrogen) atoms. The lowest BCUT2D eigenvalue weighted by Crippen LogP contribution is -2.13. The average molecular weight is 266 g/mol. The summed E-state index contributed by atoms with van der Waals surface area (Å²) in [6.45, 7) is 2.05. The third-order valence-electron chi connectivity index (χ3n) is 2.38. The van der Waals surface area contributed by atoms with Crippen molar-refractivity contribution in [3.8, 4) is 0 Å². The van der Waals surface area contributed by atoms with Crippen LogP contribution in [0.1, 0.15) is 11.4 Å². The first-order valence-electron chi connectivity index (χ1n) is 5.35. The molecule has 96 valence electrons. The van der Waals surface area contributed by atoms with E-state index in [4.69, 9.17) is 5.73 Å². The van der Waals surface area contributed by atoms with Gasteiger partial charge >= 0.3 is 0 Å². The maximum atomic E-state index is 12.0. The predicted octanol–water partition coefficient (Wildman–Crippen LogP) is 0.978. The third kappa shape index (κ3) is 2.69. The summed E-state index contributed by atoms with van der Waals surface area (Å²) in [5, 5.41) is 0.0400. The van der Waals surface area contributed by atoms with Crippen LogP contribution in [0, 0.1) is 6.92 Å². The molecule has 0 aliphatic heterocycles. The summed E-state index contributed by atoms with van der Waals surface area (Å²) in [7, 11) is -3.63. The van der Waals surface area contributed by atoms with Crippen LogP contribution in [0.5, 0.6) is 0 Å². The van der Waals surface area contributed by atoms with Gasteiger partial charge in [-0.05, 0) is 24.6 Å². The number of anilines is 1. The maximum Gasteiger partial charge on any atom is 0.278 e. The number of aromatic nitrogens is 2. The monoisotopic (exact) mass is 266 g/mol. The molecule has 0 unspecified atom stereocenters. The van der Waals surface area contributed by atoms with Crippen LogP contribution in [-0.2, 0) is 16.6 Å². The molecule has 0 radical (unpaired) electrons. The molecule has 0 saturated carbocycles. The number of benzene rings is 1. The van der Waals surface area contributed by atoms with E-state index in [0.717, 1.165) is 5.56 Å². The quantitative estimate of drug-likeness (QED) is 0.767. The van der Waals surface area contributed by atoms with Crippen LogP contribution in [0.3, 0.4) is 0 Å². The molecule has 2 rings (SSSR count). The number of hydrogen-bond acceptors (Lipinski definition) is 4. The number of aryl methyl sites for hydroxylation is 1. The van der Waals surface area contributed by atoms with Gasteiger partial charge in [0.05, 0.1) is 6.20 Å². The molecule has 1 heterocycles. The van der Waals surface area contributed by atoms with Gasteiger partial charge in [0.2, 0.25) is 0 Å². The molecule has 0 spiro atoms. The summed E-state index contributed by atoms with van der Waals surface area (Å²) < 4.78 is 26.5. The number of hydrogen-bond donors (Lipinski definition) is 3. The molecule has 0 bridgehead atoms. The van der Waals surface area contributed by atoms with Crippen molar-refractivity contribution in [1.82, 2.24) is 9.97 Å². The molecule has 0 saturated heterocycles. The summed E-state index contributed by atoms with van der Waals surface area (Å²) in [6.07, 6.45) is 1.28. The first kappa shape index (κ1) is 12.6. The summed E-state index contributed by atoms with van der Waals surface area (Å²) in [5.41, 5.74) is 6.84. The lowest BCUT2D eigenvalue weighted by Gasteiger charge is -2.07. The van der Waals surface area contributed by atoms with Crippen molar-refractivity contribution in [2.45, 2.75) is 18.5 Å². The van der Waals surface area contributed by atoms with Crippen molar-refractivity contribution in [2.24, 2.45) is 5.73 Å². The number of aromatic amines is 1. The lowest BCUT2D eigenvalue weighted by molar-refractivity contribution is 0.598. The Morgan fingerprint density at radius 1 is 1.44 bits per heavy atom. The Morgan fingerprint density at radius 3 is 2.83 bits per heavy atom. The zero-order valence-corrected chi connectivity index (χ0v) is 10.7. The van der Waals surface area contributed by atoms with E-state index >= 15 is 0 Å². The van der Waals surface area contributed by atoms with Gasteiger partial charge in [-0.3, -0.25) is 4.72 Å². The average Bonchev–Trinajstić information content (AvgIpc) is 2.76. The Labute approximate surface area is 105 Å². The van der Waals surface area contributed by atoms with Crippen molar-refractivity contribution >= 4 is 15.7 Å². The summed E-state index contributed by atoms with van der Waals surface area (Å²) in [5.74, 6) is 0.547. The maximum absolute atomic E-state index is 12.0. The minimum atomic E-state index is -3.63. The first-order valence-corrected chi connectivity index (χ1v) is 6.83. The SMILES string of the molecule is Cc1ncc(S(=O)(=O)Nc2cccc(CN)c2)[nH]1. The number of sulfonamides is 1. The van der Waals surface area contributed by atoms with Gasteiger partial charge in [-0.1, -0.05) is 12.1 Å². The second-order valence-electron chi connectivity index (χ2n) is 3.84. The number of nitrogens with zero attached hydrogens (tertiary/aromatic N) is 1. The Morgan fingerprint density at radius 2 is 2.22 bits per heavy atom. The molecular weight excluding hydrogens is 252 g/mol. The second kappa shape index (κ2) is 4.79. The highest BCUT2D eigenvalue weighted by Crippen LogP contribution is 2.15. The molecule has 2 aromatic rings. The van der Waals surface area contributed by atoms with E-state index in [1.165, 1.54) is 6.20 Å². The smallest absolute Gasteiger partial charge is 0.278 e. The van der Waals surface area contributed by atoms with E-state index in [1.54, 1.807) is 25.1 Å². The number of rotatable bonds is 4. The van der Waals surface area contributed by atoms with Crippen molar-refractivity contribution in [3.63, 3.8) is 0 Å². The van der Waals surface area contributed by atoms with Crippen LogP contribution >= 0.6 is 0 Å². The van der Waals surface area contributed by atoms with Gasteiger partial charge in [-0.2, -0.15) is 8.42 Å². The molecule has 1 aromatic carbocycles. The standard InChI is InChI=1S/C11H14N4O2S/c1-8-13-7-11(14-8)18(16,17)15-10-4-2-3-9(5-10)6-12/h2-5,7,15H,6,12H2,1H3,(H,13,14). The van der Waals surface area contributed by atoms with E-state index in [2.05, 4.69) is 14.7 Å². The Kier molecular flexibility index (Phi) is 3.35. The van der Waals surface area contributed by atoms with Crippen molar-refractivity contribution in [3.05, 3.63) is 41.9 Å². The normalized spacial score (nSPS) is 11.4. The van der Waals surface area contributed by atoms with Gasteiger partial charge in [-0.15, -0.1) is 0 Å². The molecule has 4 N–H and O–H groups in total. The summed E-state index contributed by atoms with van der Waals surface area (Å²) in [6, 6.07) is 6.94. The van der Waals surface area contributed by atoms with E-state index in [-0.39, 0.29) is 5.03 Å². The third-order valence-corrected chi connectivity index (χ3v) is 3.67. The van der Waals surface area contributed by atoms with Gasteiger partial charge in [0, 0.05) is 12.2 Å². The Balaban J connectivity index is 2.27. The minimum Gasteiger partial charge on any atom is -0.332 e. The van der Waals surface area contributed by atoms with Crippen LogP contribution in [0.25, 0.3) is 0 Å². The molecule has 6 nitrogen and oxygen atoms in total. The summed E-state index contributed by atoms with van der Waals surface area (Å²) in [4.78, 5) is 6.54. The van der Waals surface area contributed by atoms with E-state index in [9.17, 15) is 8.42 Å².